The van der Waals surface area contributed by atoms with Gasteiger partial charge in [0.15, 0.2) is 0 Å². The van der Waals surface area contributed by atoms with Crippen LogP contribution in [0.4, 0.5) is 17.6 Å². The van der Waals surface area contributed by atoms with Gasteiger partial charge in [-0.15, -0.1) is 11.3 Å². The minimum Gasteiger partial charge on any atom is -0.207 e. The lowest BCUT2D eigenvalue weighted by molar-refractivity contribution is -0.0327. The van der Waals surface area contributed by atoms with E-state index in [2.05, 4.69) is 15.9 Å². The number of halogens is 5. The van der Waals surface area contributed by atoms with E-state index in [0.717, 1.165) is 23.5 Å². The molecule has 18 heavy (non-hydrogen) atoms. The molecule has 94 valence electrons. The van der Waals surface area contributed by atoms with Gasteiger partial charge in [0.05, 0.1) is 9.60 Å². The van der Waals surface area contributed by atoms with Crippen LogP contribution in [0.15, 0.2) is 21.5 Å². The van der Waals surface area contributed by atoms with Crippen LogP contribution in [0.2, 0.25) is 0 Å². The number of nitrogens with zero attached hydrogens (tertiary/aromatic N) is 1. The van der Waals surface area contributed by atoms with Gasteiger partial charge in [-0.05, 0) is 39.8 Å². The first-order valence-corrected chi connectivity index (χ1v) is 6.82. The first-order chi connectivity index (χ1) is 8.31. The first kappa shape index (κ1) is 13.6. The van der Waals surface area contributed by atoms with Crippen LogP contribution >= 0.6 is 39.0 Å². The summed E-state index contributed by atoms with van der Waals surface area (Å²) in [6, 6.07) is 3.87. The fraction of sp³-hybridized carbons (Fsp3) is 0.100. The second-order valence-corrected chi connectivity index (χ2v) is 6.13. The quantitative estimate of drug-likeness (QED) is 0.512. The van der Waals surface area contributed by atoms with E-state index in [1.807, 2.05) is 0 Å². The molecule has 1 nitrogen and oxygen atoms in total. The zero-order chi connectivity index (χ0) is 13.5. The lowest BCUT2D eigenvalue weighted by atomic mass is 10.2. The second-order valence-electron chi connectivity index (χ2n) is 3.18. The molecular weight excluding hydrogens is 354 g/mol. The van der Waals surface area contributed by atoms with Crippen LogP contribution in [0.3, 0.4) is 0 Å². The SMILES string of the molecule is N#Cc1sc2c(Br)cc(F)cc2c1SC(F)(F)F. The molecule has 0 unspecified atom stereocenters. The summed E-state index contributed by atoms with van der Waals surface area (Å²) in [4.78, 5) is -0.316. The van der Waals surface area contributed by atoms with E-state index in [0.29, 0.717) is 9.17 Å². The van der Waals surface area contributed by atoms with Crippen LogP contribution < -0.4 is 0 Å². The van der Waals surface area contributed by atoms with E-state index in [-0.39, 0.29) is 15.2 Å². The van der Waals surface area contributed by atoms with Gasteiger partial charge in [0.1, 0.15) is 16.8 Å². The van der Waals surface area contributed by atoms with Crippen molar-refractivity contribution in [2.24, 2.45) is 0 Å². The fourth-order valence-electron chi connectivity index (χ4n) is 1.39. The summed E-state index contributed by atoms with van der Waals surface area (Å²) in [5.41, 5.74) is -4.52. The van der Waals surface area contributed by atoms with E-state index in [1.54, 1.807) is 6.07 Å². The van der Waals surface area contributed by atoms with Crippen molar-refractivity contribution >= 4 is 49.1 Å². The minimum absolute atomic E-state index is 0.0707. The summed E-state index contributed by atoms with van der Waals surface area (Å²) in [5, 5.41) is 8.95. The number of fused-ring (bicyclic) bond motifs is 1. The summed E-state index contributed by atoms with van der Waals surface area (Å²) < 4.78 is 51.2. The molecule has 2 rings (SSSR count). The van der Waals surface area contributed by atoms with Crippen LogP contribution in [0.5, 0.6) is 0 Å². The van der Waals surface area contributed by atoms with Gasteiger partial charge < -0.3 is 0 Å². The highest BCUT2D eigenvalue weighted by atomic mass is 79.9. The molecule has 0 amide bonds. The third-order valence-corrected chi connectivity index (χ3v) is 5.00. The largest absolute Gasteiger partial charge is 0.446 e. The van der Waals surface area contributed by atoms with Crippen LogP contribution in [-0.2, 0) is 0 Å². The number of hydrogen-bond acceptors (Lipinski definition) is 3. The Labute approximate surface area is 116 Å². The monoisotopic (exact) mass is 355 g/mol. The van der Waals surface area contributed by atoms with Crippen LogP contribution in [0, 0.1) is 17.1 Å². The van der Waals surface area contributed by atoms with Gasteiger partial charge in [-0.1, -0.05) is 0 Å². The highest BCUT2D eigenvalue weighted by Crippen LogP contribution is 2.47. The highest BCUT2D eigenvalue weighted by molar-refractivity contribution is 9.10. The van der Waals surface area contributed by atoms with Crippen LogP contribution in [0.1, 0.15) is 4.88 Å². The summed E-state index contributed by atoms with van der Waals surface area (Å²) in [5.74, 6) is -0.652. The highest BCUT2D eigenvalue weighted by Gasteiger charge is 2.33. The molecule has 0 N–H and O–H groups in total. The summed E-state index contributed by atoms with van der Waals surface area (Å²) in [6.45, 7) is 0. The van der Waals surface area contributed by atoms with E-state index >= 15 is 0 Å². The van der Waals surface area contributed by atoms with Crippen molar-refractivity contribution in [2.45, 2.75) is 10.4 Å². The predicted molar refractivity (Wildman–Crippen MR) is 66.1 cm³/mol. The Bertz CT molecular complexity index is 656. The molecule has 0 atom stereocenters. The minimum atomic E-state index is -4.52. The lowest BCUT2D eigenvalue weighted by Gasteiger charge is -2.05. The number of benzene rings is 1. The van der Waals surface area contributed by atoms with Crippen molar-refractivity contribution < 1.29 is 17.6 Å². The van der Waals surface area contributed by atoms with Crippen LogP contribution in [0.25, 0.3) is 10.1 Å². The number of thioether (sulfide) groups is 1. The molecule has 0 spiro atoms. The van der Waals surface area contributed by atoms with Gasteiger partial charge in [-0.2, -0.15) is 18.4 Å². The standard InChI is InChI=1S/C10H2BrF4NS2/c11-6-2-4(12)1-5-8(6)17-7(3-16)9(5)18-10(13,14)15/h1-2H. The Balaban J connectivity index is 2.74. The zero-order valence-electron chi connectivity index (χ0n) is 8.31. The average Bonchev–Trinajstić information content (AvgIpc) is 2.55. The third-order valence-electron chi connectivity index (χ3n) is 1.98. The Morgan fingerprint density at radius 1 is 1.33 bits per heavy atom. The van der Waals surface area contributed by atoms with Crippen molar-refractivity contribution in [3.05, 3.63) is 27.3 Å². The maximum absolute atomic E-state index is 13.2. The first-order valence-electron chi connectivity index (χ1n) is 4.39. The molecule has 1 aromatic carbocycles. The predicted octanol–water partition coefficient (Wildman–Crippen LogP) is 5.29. The van der Waals surface area contributed by atoms with Crippen molar-refractivity contribution in [3.63, 3.8) is 0 Å². The van der Waals surface area contributed by atoms with E-state index in [9.17, 15) is 17.6 Å². The van der Waals surface area contributed by atoms with Crippen molar-refractivity contribution in [3.8, 4) is 6.07 Å². The number of rotatable bonds is 1. The molecule has 0 bridgehead atoms. The molecule has 0 fully saturated rings. The Morgan fingerprint density at radius 3 is 2.56 bits per heavy atom. The van der Waals surface area contributed by atoms with Crippen molar-refractivity contribution in [2.75, 3.05) is 0 Å². The van der Waals surface area contributed by atoms with E-state index in [1.165, 1.54) is 0 Å². The summed E-state index contributed by atoms with van der Waals surface area (Å²) in [6.07, 6.45) is 0. The molecule has 2 aromatic rings. The average molecular weight is 356 g/mol. The van der Waals surface area contributed by atoms with E-state index < -0.39 is 23.1 Å². The Kier molecular flexibility index (Phi) is 3.58. The smallest absolute Gasteiger partial charge is 0.207 e. The summed E-state index contributed by atoms with van der Waals surface area (Å²) in [7, 11) is 0. The van der Waals surface area contributed by atoms with E-state index in [4.69, 9.17) is 5.26 Å². The van der Waals surface area contributed by atoms with Gasteiger partial charge in [0.2, 0.25) is 0 Å². The Hall–Kier alpha value is -0.780. The van der Waals surface area contributed by atoms with Gasteiger partial charge in [0.25, 0.3) is 0 Å². The molecule has 0 radical (unpaired) electrons. The summed E-state index contributed by atoms with van der Waals surface area (Å²) >= 11 is 3.58. The number of nitriles is 1. The maximum atomic E-state index is 13.2. The lowest BCUT2D eigenvalue weighted by Crippen LogP contribution is -1.99. The van der Waals surface area contributed by atoms with Crippen molar-refractivity contribution in [1.29, 1.82) is 5.26 Å². The normalized spacial score (nSPS) is 11.8. The van der Waals surface area contributed by atoms with Crippen molar-refractivity contribution in [1.82, 2.24) is 0 Å². The third kappa shape index (κ3) is 2.63. The molecule has 0 saturated carbocycles. The second kappa shape index (κ2) is 4.72. The number of thiophene rings is 1. The van der Waals surface area contributed by atoms with Gasteiger partial charge >= 0.3 is 5.51 Å². The Morgan fingerprint density at radius 2 is 2.00 bits per heavy atom. The van der Waals surface area contributed by atoms with Gasteiger partial charge in [0, 0.05) is 9.86 Å². The topological polar surface area (TPSA) is 23.8 Å². The molecule has 0 aliphatic heterocycles. The zero-order valence-corrected chi connectivity index (χ0v) is 11.5. The molecule has 0 aliphatic carbocycles. The molecule has 8 heteroatoms. The fourth-order valence-corrected chi connectivity index (χ4v) is 3.90. The molecule has 1 aromatic heterocycles. The van der Waals surface area contributed by atoms with Gasteiger partial charge in [-0.3, -0.25) is 0 Å². The van der Waals surface area contributed by atoms with Gasteiger partial charge in [-0.25, -0.2) is 4.39 Å². The maximum Gasteiger partial charge on any atom is 0.446 e. The molecule has 0 saturated heterocycles. The number of alkyl halides is 3. The molecular formula is C10H2BrF4NS2. The molecule has 1 heterocycles. The van der Waals surface area contributed by atoms with Crippen LogP contribution in [-0.4, -0.2) is 5.51 Å². The number of hydrogen-bond donors (Lipinski definition) is 0. The molecule has 0 aliphatic rings.